The molecule has 0 bridgehead atoms. The lowest BCUT2D eigenvalue weighted by Crippen LogP contribution is -2.42. The minimum absolute atomic E-state index is 0.252. The predicted molar refractivity (Wildman–Crippen MR) is 119 cm³/mol. The van der Waals surface area contributed by atoms with Gasteiger partial charge in [0, 0.05) is 0 Å². The fourth-order valence-corrected chi connectivity index (χ4v) is 3.46. The Hall–Kier alpha value is -4.01. The van der Waals surface area contributed by atoms with Crippen LogP contribution in [0.4, 0.5) is 0 Å². The van der Waals surface area contributed by atoms with Crippen LogP contribution in [0.1, 0.15) is 31.1 Å². The maximum Gasteiger partial charge on any atom is 0.338 e. The molecule has 3 aromatic rings. The first-order chi connectivity index (χ1) is 16.5. The zero-order chi connectivity index (χ0) is 23.9. The first-order valence-electron chi connectivity index (χ1n) is 10.6. The first kappa shape index (κ1) is 23.2. The molecule has 1 saturated heterocycles. The SMILES string of the molecule is O=C(OC[C@@H]1O[C@H](O)[C@H](OC(=O)c2ccccc2)[C@H]1OC(=O)c1ccccc1)c1ccccc1. The van der Waals surface area contributed by atoms with Crippen LogP contribution in [0, 0.1) is 0 Å². The van der Waals surface area contributed by atoms with Crippen molar-refractivity contribution in [3.8, 4) is 0 Å². The molecule has 1 N–H and O–H groups in total. The molecule has 0 radical (unpaired) electrons. The topological polar surface area (TPSA) is 108 Å². The lowest BCUT2D eigenvalue weighted by atomic mass is 10.1. The van der Waals surface area contributed by atoms with E-state index in [1.54, 1.807) is 91.0 Å². The molecule has 1 heterocycles. The minimum Gasteiger partial charge on any atom is -0.459 e. The Morgan fingerprint density at radius 3 is 1.53 bits per heavy atom. The van der Waals surface area contributed by atoms with Gasteiger partial charge >= 0.3 is 17.9 Å². The van der Waals surface area contributed by atoms with Crippen molar-refractivity contribution in [3.05, 3.63) is 108 Å². The van der Waals surface area contributed by atoms with Crippen molar-refractivity contribution >= 4 is 17.9 Å². The molecule has 4 atom stereocenters. The van der Waals surface area contributed by atoms with Gasteiger partial charge in [0.25, 0.3) is 0 Å². The number of aliphatic hydroxyl groups is 1. The van der Waals surface area contributed by atoms with Gasteiger partial charge in [-0.25, -0.2) is 14.4 Å². The predicted octanol–water partition coefficient (Wildman–Crippen LogP) is 3.01. The van der Waals surface area contributed by atoms with Crippen LogP contribution in [0.15, 0.2) is 91.0 Å². The molecule has 0 aliphatic carbocycles. The zero-order valence-electron chi connectivity index (χ0n) is 18.0. The van der Waals surface area contributed by atoms with E-state index < -0.39 is 42.5 Å². The third kappa shape index (κ3) is 5.48. The number of hydrogen-bond donors (Lipinski definition) is 1. The summed E-state index contributed by atoms with van der Waals surface area (Å²) in [4.78, 5) is 37.6. The smallest absolute Gasteiger partial charge is 0.338 e. The molecule has 174 valence electrons. The van der Waals surface area contributed by atoms with Gasteiger partial charge in [-0.3, -0.25) is 0 Å². The van der Waals surface area contributed by atoms with E-state index in [2.05, 4.69) is 0 Å². The highest BCUT2D eigenvalue weighted by atomic mass is 16.7. The summed E-state index contributed by atoms with van der Waals surface area (Å²) in [7, 11) is 0. The minimum atomic E-state index is -1.60. The highest BCUT2D eigenvalue weighted by Crippen LogP contribution is 2.28. The Bertz CT molecular complexity index is 1120. The van der Waals surface area contributed by atoms with E-state index in [0.29, 0.717) is 5.56 Å². The second-order valence-corrected chi connectivity index (χ2v) is 7.50. The van der Waals surface area contributed by atoms with Gasteiger partial charge in [-0.2, -0.15) is 0 Å². The number of rotatable bonds is 7. The van der Waals surface area contributed by atoms with Gasteiger partial charge in [0.15, 0.2) is 18.5 Å². The summed E-state index contributed by atoms with van der Waals surface area (Å²) in [6.45, 7) is -0.336. The van der Waals surface area contributed by atoms with Gasteiger partial charge in [-0.05, 0) is 36.4 Å². The Morgan fingerprint density at radius 2 is 1.06 bits per heavy atom. The molecule has 0 aromatic heterocycles. The van der Waals surface area contributed by atoms with Crippen LogP contribution in [-0.2, 0) is 18.9 Å². The number of aliphatic hydroxyl groups excluding tert-OH is 1. The van der Waals surface area contributed by atoms with Crippen LogP contribution < -0.4 is 0 Å². The Kier molecular flexibility index (Phi) is 7.31. The average Bonchev–Trinajstić information content (AvgIpc) is 3.17. The molecule has 0 unspecified atom stereocenters. The summed E-state index contributed by atoms with van der Waals surface area (Å²) in [5, 5.41) is 10.5. The molecule has 1 aliphatic rings. The maximum absolute atomic E-state index is 12.7. The quantitative estimate of drug-likeness (QED) is 0.422. The van der Waals surface area contributed by atoms with Crippen molar-refractivity contribution in [2.75, 3.05) is 6.61 Å². The molecular weight excluding hydrogens is 440 g/mol. The summed E-state index contributed by atoms with van der Waals surface area (Å²) in [5.41, 5.74) is 0.838. The van der Waals surface area contributed by atoms with Crippen LogP contribution >= 0.6 is 0 Å². The van der Waals surface area contributed by atoms with Crippen molar-refractivity contribution in [1.82, 2.24) is 0 Å². The molecule has 0 amide bonds. The second kappa shape index (κ2) is 10.7. The summed E-state index contributed by atoms with van der Waals surface area (Å²) in [6.07, 6.45) is -5.22. The maximum atomic E-state index is 12.7. The van der Waals surface area contributed by atoms with Crippen LogP contribution in [0.2, 0.25) is 0 Å². The Morgan fingerprint density at radius 1 is 0.647 bits per heavy atom. The summed E-state index contributed by atoms with van der Waals surface area (Å²) in [5.74, 6) is -2.05. The monoisotopic (exact) mass is 462 g/mol. The number of benzene rings is 3. The van der Waals surface area contributed by atoms with Crippen LogP contribution in [0.3, 0.4) is 0 Å². The van der Waals surface area contributed by atoms with Gasteiger partial charge in [0.1, 0.15) is 12.7 Å². The molecule has 8 nitrogen and oxygen atoms in total. The lowest BCUT2D eigenvalue weighted by molar-refractivity contribution is -0.135. The van der Waals surface area contributed by atoms with Crippen molar-refractivity contribution < 1.29 is 38.4 Å². The molecule has 0 saturated carbocycles. The number of carbonyl (C=O) groups is 3. The van der Waals surface area contributed by atoms with E-state index in [9.17, 15) is 19.5 Å². The fraction of sp³-hybridized carbons (Fsp3) is 0.192. The van der Waals surface area contributed by atoms with Gasteiger partial charge in [0.2, 0.25) is 0 Å². The highest BCUT2D eigenvalue weighted by Gasteiger charge is 2.50. The van der Waals surface area contributed by atoms with E-state index in [1.165, 1.54) is 0 Å². The summed E-state index contributed by atoms with van der Waals surface area (Å²) >= 11 is 0. The average molecular weight is 462 g/mol. The number of esters is 3. The van der Waals surface area contributed by atoms with Gasteiger partial charge in [0.05, 0.1) is 16.7 Å². The van der Waals surface area contributed by atoms with Gasteiger partial charge in [-0.1, -0.05) is 54.6 Å². The van der Waals surface area contributed by atoms with Crippen LogP contribution in [-0.4, -0.2) is 54.2 Å². The Balaban J connectivity index is 1.51. The second-order valence-electron chi connectivity index (χ2n) is 7.50. The van der Waals surface area contributed by atoms with E-state index in [4.69, 9.17) is 18.9 Å². The molecule has 1 fully saturated rings. The normalized spacial score (nSPS) is 21.4. The summed E-state index contributed by atoms with van der Waals surface area (Å²) < 4.78 is 21.8. The van der Waals surface area contributed by atoms with Crippen LogP contribution in [0.25, 0.3) is 0 Å². The third-order valence-electron chi connectivity index (χ3n) is 5.18. The molecule has 3 aromatic carbocycles. The van der Waals surface area contributed by atoms with E-state index in [0.717, 1.165) is 0 Å². The van der Waals surface area contributed by atoms with E-state index in [-0.39, 0.29) is 17.7 Å². The summed E-state index contributed by atoms with van der Waals surface area (Å²) in [6, 6.07) is 24.7. The third-order valence-corrected chi connectivity index (χ3v) is 5.18. The molecule has 8 heteroatoms. The number of hydrogen-bond acceptors (Lipinski definition) is 8. The van der Waals surface area contributed by atoms with E-state index >= 15 is 0 Å². The number of carbonyl (C=O) groups excluding carboxylic acids is 3. The van der Waals surface area contributed by atoms with Crippen LogP contribution in [0.5, 0.6) is 0 Å². The Labute approximate surface area is 195 Å². The molecule has 1 aliphatic heterocycles. The van der Waals surface area contributed by atoms with Crippen molar-refractivity contribution in [3.63, 3.8) is 0 Å². The van der Waals surface area contributed by atoms with E-state index in [1.807, 2.05) is 0 Å². The zero-order valence-corrected chi connectivity index (χ0v) is 18.0. The lowest BCUT2D eigenvalue weighted by Gasteiger charge is -2.23. The molecular formula is C26H22O8. The molecule has 0 spiro atoms. The van der Waals surface area contributed by atoms with Gasteiger partial charge in [-0.15, -0.1) is 0 Å². The van der Waals surface area contributed by atoms with Crippen molar-refractivity contribution in [1.29, 1.82) is 0 Å². The van der Waals surface area contributed by atoms with Crippen molar-refractivity contribution in [2.24, 2.45) is 0 Å². The highest BCUT2D eigenvalue weighted by molar-refractivity contribution is 5.90. The standard InChI is InChI=1S/C26H22O8/c27-23(17-10-4-1-5-11-17)31-16-20-21(33-24(28)18-12-6-2-7-13-18)22(26(30)32-20)34-25(29)19-14-8-3-9-15-19/h1-15,20-22,26,30H,16H2/t20-,21-,22+,26-/m0/s1. The fourth-order valence-electron chi connectivity index (χ4n) is 3.46. The number of ether oxygens (including phenoxy) is 4. The van der Waals surface area contributed by atoms with Crippen molar-refractivity contribution in [2.45, 2.75) is 24.6 Å². The molecule has 4 rings (SSSR count). The van der Waals surface area contributed by atoms with Gasteiger partial charge < -0.3 is 24.1 Å². The largest absolute Gasteiger partial charge is 0.459 e. The first-order valence-corrected chi connectivity index (χ1v) is 10.6. The molecule has 34 heavy (non-hydrogen) atoms.